The Kier molecular flexibility index (Phi) is 8.58. The van der Waals surface area contributed by atoms with Gasteiger partial charge in [-0.1, -0.05) is 69.2 Å². The van der Waals surface area contributed by atoms with E-state index in [9.17, 15) is 0 Å². The van der Waals surface area contributed by atoms with Crippen LogP contribution in [0.25, 0.3) is 11.0 Å². The Morgan fingerprint density at radius 2 is 1.44 bits per heavy atom. The van der Waals surface area contributed by atoms with Crippen LogP contribution in [0.4, 0.5) is 0 Å². The van der Waals surface area contributed by atoms with Crippen LogP contribution in [0.3, 0.4) is 0 Å². The number of halogens is 2. The first-order valence-corrected chi connectivity index (χ1v) is 10.7. The first-order valence-electron chi connectivity index (χ1n) is 9.97. The van der Waals surface area contributed by atoms with E-state index in [4.69, 9.17) is 23.2 Å². The van der Waals surface area contributed by atoms with Gasteiger partial charge in [-0.05, 0) is 25.7 Å². The molecule has 0 aliphatic rings. The maximum Gasteiger partial charge on any atom is 0.254 e. The zero-order valence-corrected chi connectivity index (χ0v) is 17.6. The zero-order chi connectivity index (χ0) is 18.2. The van der Waals surface area contributed by atoms with Crippen LogP contribution in [0.5, 0.6) is 0 Å². The summed E-state index contributed by atoms with van der Waals surface area (Å²) in [6.45, 7) is 8.85. The molecule has 0 saturated heterocycles. The van der Waals surface area contributed by atoms with Gasteiger partial charge in [-0.3, -0.25) is 0 Å². The highest BCUT2D eigenvalue weighted by molar-refractivity contribution is 6.42. The molecule has 2 nitrogen and oxygen atoms in total. The highest BCUT2D eigenvalue weighted by Gasteiger charge is 2.22. The van der Waals surface area contributed by atoms with Gasteiger partial charge in [0, 0.05) is 19.1 Å². The number of hydrogen-bond acceptors (Lipinski definition) is 0. The Labute approximate surface area is 163 Å². The smallest absolute Gasteiger partial charge is 0.227 e. The molecule has 0 saturated carbocycles. The van der Waals surface area contributed by atoms with Gasteiger partial charge in [0.15, 0.2) is 11.0 Å². The van der Waals surface area contributed by atoms with Crippen molar-refractivity contribution < 1.29 is 4.57 Å². The average molecular weight is 384 g/mol. The number of aromatic nitrogens is 2. The molecule has 0 N–H and O–H groups in total. The predicted molar refractivity (Wildman–Crippen MR) is 110 cm³/mol. The van der Waals surface area contributed by atoms with Gasteiger partial charge in [0.2, 0.25) is 0 Å². The number of nitrogens with zero attached hydrogens (tertiary/aromatic N) is 2. The minimum Gasteiger partial charge on any atom is -0.227 e. The van der Waals surface area contributed by atoms with E-state index in [1.807, 2.05) is 12.1 Å². The lowest BCUT2D eigenvalue weighted by atomic mass is 10.1. The normalized spacial score (nSPS) is 11.6. The molecule has 2 rings (SSSR count). The Hall–Kier alpha value is -0.730. The average Bonchev–Trinajstić information content (AvgIpc) is 2.83. The SMILES string of the molecule is CCCCCCCCn1c(C)[n+](CCCCC)c2cc(Cl)c(Cl)cc21. The molecule has 1 aromatic carbocycles. The molecule has 0 aliphatic carbocycles. The van der Waals surface area contributed by atoms with E-state index in [2.05, 4.69) is 29.9 Å². The lowest BCUT2D eigenvalue weighted by molar-refractivity contribution is -0.678. The van der Waals surface area contributed by atoms with Crippen LogP contribution in [0, 0.1) is 6.92 Å². The van der Waals surface area contributed by atoms with Crippen LogP contribution < -0.4 is 4.57 Å². The van der Waals surface area contributed by atoms with Crippen molar-refractivity contribution in [3.8, 4) is 0 Å². The summed E-state index contributed by atoms with van der Waals surface area (Å²) in [7, 11) is 0. The molecule has 0 fully saturated rings. The molecule has 4 heteroatoms. The number of hydrogen-bond donors (Lipinski definition) is 0. The third-order valence-electron chi connectivity index (χ3n) is 5.10. The number of benzene rings is 1. The maximum atomic E-state index is 6.31. The second kappa shape index (κ2) is 10.4. The minimum atomic E-state index is 0.648. The largest absolute Gasteiger partial charge is 0.254 e. The van der Waals surface area contributed by atoms with Gasteiger partial charge in [0.25, 0.3) is 5.82 Å². The molecule has 0 spiro atoms. The number of fused-ring (bicyclic) bond motifs is 1. The third kappa shape index (κ3) is 5.37. The molecule has 0 amide bonds. The van der Waals surface area contributed by atoms with Crippen molar-refractivity contribution in [2.75, 3.05) is 0 Å². The monoisotopic (exact) mass is 383 g/mol. The quantitative estimate of drug-likeness (QED) is 0.289. The highest BCUT2D eigenvalue weighted by atomic mass is 35.5. The van der Waals surface area contributed by atoms with Crippen LogP contribution in [-0.2, 0) is 13.1 Å². The van der Waals surface area contributed by atoms with Gasteiger partial charge in [0.05, 0.1) is 23.1 Å². The Balaban J connectivity index is 2.19. The van der Waals surface area contributed by atoms with E-state index in [-0.39, 0.29) is 0 Å². The standard InChI is InChI=1S/C21H33Cl2N2/c1-4-6-8-9-10-12-14-25-17(3)24(13-11-7-5-2)20-15-18(22)19(23)16-21(20)25/h15-16H,4-14H2,1-3H3/q+1. The second-order valence-corrected chi connectivity index (χ2v) is 7.89. The fraction of sp³-hybridized carbons (Fsp3) is 0.667. The summed E-state index contributed by atoms with van der Waals surface area (Å²) in [6.07, 6.45) is 11.6. The van der Waals surface area contributed by atoms with Crippen molar-refractivity contribution in [1.29, 1.82) is 0 Å². The first kappa shape index (κ1) is 20.6. The number of rotatable bonds is 11. The Bertz CT molecular complexity index is 676. The van der Waals surface area contributed by atoms with Crippen molar-refractivity contribution in [2.24, 2.45) is 0 Å². The van der Waals surface area contributed by atoms with Gasteiger partial charge >= 0.3 is 0 Å². The molecular formula is C21H33Cl2N2+. The van der Waals surface area contributed by atoms with E-state index in [0.717, 1.165) is 13.1 Å². The second-order valence-electron chi connectivity index (χ2n) is 7.08. The van der Waals surface area contributed by atoms with Crippen LogP contribution >= 0.6 is 23.2 Å². The zero-order valence-electron chi connectivity index (χ0n) is 16.1. The van der Waals surface area contributed by atoms with E-state index in [0.29, 0.717) is 10.0 Å². The molecular weight excluding hydrogens is 351 g/mol. The molecule has 0 bridgehead atoms. The van der Waals surface area contributed by atoms with Gasteiger partial charge in [0.1, 0.15) is 0 Å². The third-order valence-corrected chi connectivity index (χ3v) is 5.82. The minimum absolute atomic E-state index is 0.648. The van der Waals surface area contributed by atoms with E-state index in [1.54, 1.807) is 0 Å². The Morgan fingerprint density at radius 3 is 2.16 bits per heavy atom. The molecule has 25 heavy (non-hydrogen) atoms. The number of aryl methyl sites for hydroxylation is 2. The molecule has 0 unspecified atom stereocenters. The van der Waals surface area contributed by atoms with Gasteiger partial charge in [-0.25, -0.2) is 9.13 Å². The lowest BCUT2D eigenvalue weighted by Crippen LogP contribution is -2.36. The van der Waals surface area contributed by atoms with Crippen LogP contribution in [0.15, 0.2) is 12.1 Å². The molecule has 0 atom stereocenters. The number of unbranched alkanes of at least 4 members (excludes halogenated alkanes) is 7. The summed E-state index contributed by atoms with van der Waals surface area (Å²) in [5.41, 5.74) is 2.44. The summed E-state index contributed by atoms with van der Waals surface area (Å²) in [5, 5.41) is 1.30. The van der Waals surface area contributed by atoms with Gasteiger partial charge < -0.3 is 0 Å². The molecule has 0 radical (unpaired) electrons. The number of imidazole rings is 1. The summed E-state index contributed by atoms with van der Waals surface area (Å²) >= 11 is 12.6. The Morgan fingerprint density at radius 1 is 0.840 bits per heavy atom. The molecule has 1 aromatic heterocycles. The highest BCUT2D eigenvalue weighted by Crippen LogP contribution is 2.28. The fourth-order valence-electron chi connectivity index (χ4n) is 3.59. The molecule has 140 valence electrons. The van der Waals surface area contributed by atoms with Gasteiger partial charge in [-0.15, -0.1) is 0 Å². The molecule has 0 aliphatic heterocycles. The van der Waals surface area contributed by atoms with Crippen molar-refractivity contribution >= 4 is 34.2 Å². The first-order chi connectivity index (χ1) is 12.1. The summed E-state index contributed by atoms with van der Waals surface area (Å²) in [5.74, 6) is 1.32. The van der Waals surface area contributed by atoms with E-state index in [1.165, 1.54) is 74.6 Å². The maximum absolute atomic E-state index is 6.31. The summed E-state index contributed by atoms with van der Waals surface area (Å²) in [6, 6.07) is 4.08. The lowest BCUT2D eigenvalue weighted by Gasteiger charge is -2.02. The van der Waals surface area contributed by atoms with Crippen LogP contribution in [-0.4, -0.2) is 4.57 Å². The predicted octanol–water partition coefficient (Wildman–Crippen LogP) is 7.09. The van der Waals surface area contributed by atoms with E-state index < -0.39 is 0 Å². The summed E-state index contributed by atoms with van der Waals surface area (Å²) in [4.78, 5) is 0. The molecule has 2 aromatic rings. The van der Waals surface area contributed by atoms with Crippen molar-refractivity contribution in [3.05, 3.63) is 28.0 Å². The van der Waals surface area contributed by atoms with E-state index >= 15 is 0 Å². The van der Waals surface area contributed by atoms with Crippen molar-refractivity contribution in [3.63, 3.8) is 0 Å². The topological polar surface area (TPSA) is 8.81 Å². The van der Waals surface area contributed by atoms with Crippen molar-refractivity contribution in [2.45, 2.75) is 91.6 Å². The summed E-state index contributed by atoms with van der Waals surface area (Å²) < 4.78 is 4.85. The van der Waals surface area contributed by atoms with Gasteiger partial charge in [-0.2, -0.15) is 0 Å². The van der Waals surface area contributed by atoms with Crippen LogP contribution in [0.1, 0.15) is 77.5 Å². The fourth-order valence-corrected chi connectivity index (χ4v) is 3.90. The molecule has 1 heterocycles. The van der Waals surface area contributed by atoms with Crippen molar-refractivity contribution in [1.82, 2.24) is 4.57 Å². The van der Waals surface area contributed by atoms with Crippen LogP contribution in [0.2, 0.25) is 10.0 Å².